The first kappa shape index (κ1) is 22.1. The lowest BCUT2D eigenvalue weighted by Crippen LogP contribution is -2.19. The second kappa shape index (κ2) is 9.08. The molecular weight excluding hydrogens is 482 g/mol. The molecule has 1 saturated carbocycles. The summed E-state index contributed by atoms with van der Waals surface area (Å²) in [5.74, 6) is 1.48. The molecule has 0 radical (unpaired) electrons. The van der Waals surface area contributed by atoms with Gasteiger partial charge in [0.15, 0.2) is 5.82 Å². The van der Waals surface area contributed by atoms with E-state index in [2.05, 4.69) is 49.2 Å². The third-order valence-corrected chi connectivity index (χ3v) is 7.92. The van der Waals surface area contributed by atoms with Crippen molar-refractivity contribution in [1.82, 2.24) is 35.1 Å². The lowest BCUT2D eigenvalue weighted by atomic mass is 9.98. The van der Waals surface area contributed by atoms with Crippen molar-refractivity contribution in [3.63, 3.8) is 0 Å². The van der Waals surface area contributed by atoms with Gasteiger partial charge in [-0.2, -0.15) is 5.10 Å². The van der Waals surface area contributed by atoms with Gasteiger partial charge in [-0.15, -0.1) is 11.3 Å². The van der Waals surface area contributed by atoms with Gasteiger partial charge in [-0.1, -0.05) is 6.42 Å². The molecule has 184 valence electrons. The van der Waals surface area contributed by atoms with E-state index in [1.807, 2.05) is 30.6 Å². The first-order chi connectivity index (χ1) is 18.2. The van der Waals surface area contributed by atoms with Crippen LogP contribution in [-0.4, -0.2) is 41.2 Å². The van der Waals surface area contributed by atoms with E-state index in [1.165, 1.54) is 24.1 Å². The second-order valence-electron chi connectivity index (χ2n) is 9.53. The largest absolute Gasteiger partial charge is 0.489 e. The highest BCUT2D eigenvalue weighted by Crippen LogP contribution is 2.34. The number of rotatable bonds is 5. The number of aromatic amines is 2. The first-order valence-corrected chi connectivity index (χ1v) is 13.4. The summed E-state index contributed by atoms with van der Waals surface area (Å²) in [6.45, 7) is 2.10. The summed E-state index contributed by atoms with van der Waals surface area (Å²) in [5, 5.41) is 8.61. The van der Waals surface area contributed by atoms with Crippen molar-refractivity contribution in [3.05, 3.63) is 60.0 Å². The molecule has 0 unspecified atom stereocenters. The summed E-state index contributed by atoms with van der Waals surface area (Å²) in [6, 6.07) is 10.2. The zero-order chi connectivity index (χ0) is 24.8. The molecule has 37 heavy (non-hydrogen) atoms. The first-order valence-electron chi connectivity index (χ1n) is 12.6. The molecule has 0 spiro atoms. The molecule has 0 aliphatic heterocycles. The zero-order valence-electron chi connectivity index (χ0n) is 20.4. The molecule has 6 aromatic rings. The van der Waals surface area contributed by atoms with Crippen molar-refractivity contribution in [3.8, 4) is 39.1 Å². The van der Waals surface area contributed by atoms with Gasteiger partial charge in [0, 0.05) is 28.2 Å². The lowest BCUT2D eigenvalue weighted by molar-refractivity contribution is 0.154. The van der Waals surface area contributed by atoms with Gasteiger partial charge < -0.3 is 9.72 Å². The van der Waals surface area contributed by atoms with Crippen LogP contribution in [0.5, 0.6) is 5.75 Å². The standard InChI is InChI=1S/C28H25N7OS/c1-16-7-8-24(37-16)27-26-21(9-10-30-27)32-28(33-26)25-20-12-22(31-15-23(20)34-35-25)17-11-19(14-29-13-17)36-18-5-3-2-4-6-18/h7-15,18H,2-6H2,1H3,(H,32,33)(H,34,35). The topological polar surface area (TPSA) is 105 Å². The summed E-state index contributed by atoms with van der Waals surface area (Å²) in [5.41, 5.74) is 5.94. The summed E-state index contributed by atoms with van der Waals surface area (Å²) in [6.07, 6.45) is 13.5. The smallest absolute Gasteiger partial charge is 0.159 e. The highest BCUT2D eigenvalue weighted by molar-refractivity contribution is 7.15. The molecule has 0 amide bonds. The van der Waals surface area contributed by atoms with Crippen LogP contribution in [-0.2, 0) is 0 Å². The summed E-state index contributed by atoms with van der Waals surface area (Å²) >= 11 is 1.71. The predicted molar refractivity (Wildman–Crippen MR) is 146 cm³/mol. The van der Waals surface area contributed by atoms with Gasteiger partial charge in [-0.25, -0.2) is 4.98 Å². The number of fused-ring (bicyclic) bond motifs is 2. The van der Waals surface area contributed by atoms with Gasteiger partial charge in [0.25, 0.3) is 0 Å². The van der Waals surface area contributed by atoms with Gasteiger partial charge in [0.05, 0.1) is 40.1 Å². The fourth-order valence-corrected chi connectivity index (χ4v) is 5.91. The van der Waals surface area contributed by atoms with E-state index in [9.17, 15) is 0 Å². The Morgan fingerprint density at radius 1 is 0.946 bits per heavy atom. The summed E-state index contributed by atoms with van der Waals surface area (Å²) in [7, 11) is 0. The quantitative estimate of drug-likeness (QED) is 0.269. The molecule has 1 aliphatic carbocycles. The molecule has 2 N–H and O–H groups in total. The Kier molecular flexibility index (Phi) is 5.43. The third kappa shape index (κ3) is 4.15. The minimum absolute atomic E-state index is 0.271. The average Bonchev–Trinajstić information content (AvgIpc) is 3.66. The zero-order valence-corrected chi connectivity index (χ0v) is 21.2. The van der Waals surface area contributed by atoms with Crippen molar-refractivity contribution in [2.24, 2.45) is 0 Å². The molecule has 0 atom stereocenters. The van der Waals surface area contributed by atoms with Crippen LogP contribution in [0.3, 0.4) is 0 Å². The predicted octanol–water partition coefficient (Wildman–Crippen LogP) is 6.71. The average molecular weight is 508 g/mol. The fourth-order valence-electron chi connectivity index (χ4n) is 5.04. The van der Waals surface area contributed by atoms with Crippen LogP contribution in [0.4, 0.5) is 0 Å². The minimum atomic E-state index is 0.271. The Morgan fingerprint density at radius 2 is 1.86 bits per heavy atom. The molecule has 0 bridgehead atoms. The Labute approximate surface area is 217 Å². The maximum atomic E-state index is 6.24. The maximum absolute atomic E-state index is 6.24. The van der Waals surface area contributed by atoms with E-state index in [4.69, 9.17) is 9.72 Å². The van der Waals surface area contributed by atoms with Gasteiger partial charge in [0.1, 0.15) is 22.7 Å². The van der Waals surface area contributed by atoms with Crippen LogP contribution >= 0.6 is 11.3 Å². The Hall–Kier alpha value is -4.11. The van der Waals surface area contributed by atoms with Gasteiger partial charge in [-0.05, 0) is 62.9 Å². The number of thiophene rings is 1. The van der Waals surface area contributed by atoms with E-state index in [0.717, 1.165) is 68.0 Å². The number of hydrogen-bond acceptors (Lipinski definition) is 7. The fraction of sp³-hybridized carbons (Fsp3) is 0.250. The van der Waals surface area contributed by atoms with Gasteiger partial charge in [0.2, 0.25) is 0 Å². The molecule has 7 rings (SSSR count). The van der Waals surface area contributed by atoms with Crippen LogP contribution in [0.25, 0.3) is 55.3 Å². The normalized spacial score (nSPS) is 14.5. The molecule has 8 nitrogen and oxygen atoms in total. The number of imidazole rings is 1. The SMILES string of the molecule is Cc1ccc(-c2nccc3[nH]c(-c4n[nH]c5cnc(-c6cncc(OC7CCCCC7)c6)cc45)nc23)s1. The number of H-pyrrole nitrogens is 2. The number of aryl methyl sites for hydroxylation is 1. The highest BCUT2D eigenvalue weighted by Gasteiger charge is 2.18. The number of ether oxygens (including phenoxy) is 1. The van der Waals surface area contributed by atoms with E-state index in [0.29, 0.717) is 5.82 Å². The highest BCUT2D eigenvalue weighted by atomic mass is 32.1. The third-order valence-electron chi connectivity index (χ3n) is 6.91. The van der Waals surface area contributed by atoms with Crippen molar-refractivity contribution < 1.29 is 4.74 Å². The number of hydrogen-bond donors (Lipinski definition) is 2. The Bertz CT molecular complexity index is 1730. The van der Waals surface area contributed by atoms with Crippen LogP contribution in [0.2, 0.25) is 0 Å². The van der Waals surface area contributed by atoms with Crippen LogP contribution in [0.15, 0.2) is 55.1 Å². The molecule has 1 aliphatic rings. The molecule has 1 fully saturated rings. The number of aromatic nitrogens is 7. The van der Waals surface area contributed by atoms with E-state index < -0.39 is 0 Å². The van der Waals surface area contributed by atoms with Gasteiger partial charge in [-0.3, -0.25) is 20.1 Å². The summed E-state index contributed by atoms with van der Waals surface area (Å²) < 4.78 is 6.24. The van der Waals surface area contributed by atoms with Crippen molar-refractivity contribution >= 4 is 33.3 Å². The molecule has 6 aromatic heterocycles. The van der Waals surface area contributed by atoms with E-state index in [1.54, 1.807) is 23.7 Å². The Morgan fingerprint density at radius 3 is 2.73 bits per heavy atom. The minimum Gasteiger partial charge on any atom is -0.489 e. The molecule has 6 heterocycles. The number of nitrogens with one attached hydrogen (secondary N) is 2. The molecule has 9 heteroatoms. The lowest BCUT2D eigenvalue weighted by Gasteiger charge is -2.22. The van der Waals surface area contributed by atoms with E-state index >= 15 is 0 Å². The Balaban J connectivity index is 1.26. The van der Waals surface area contributed by atoms with Crippen LogP contribution in [0.1, 0.15) is 37.0 Å². The van der Waals surface area contributed by atoms with Crippen LogP contribution in [0, 0.1) is 6.92 Å². The van der Waals surface area contributed by atoms with Crippen LogP contribution < -0.4 is 4.74 Å². The van der Waals surface area contributed by atoms with Crippen molar-refractivity contribution in [2.75, 3.05) is 0 Å². The summed E-state index contributed by atoms with van der Waals surface area (Å²) in [4.78, 5) is 24.4. The van der Waals surface area contributed by atoms with Crippen molar-refractivity contribution in [2.45, 2.75) is 45.1 Å². The molecular formula is C28H25N7OS. The molecule has 0 aromatic carbocycles. The van der Waals surface area contributed by atoms with Crippen molar-refractivity contribution in [1.29, 1.82) is 0 Å². The molecule has 0 saturated heterocycles. The van der Waals surface area contributed by atoms with E-state index in [-0.39, 0.29) is 6.10 Å². The number of nitrogens with zero attached hydrogens (tertiary/aromatic N) is 5. The second-order valence-corrected chi connectivity index (χ2v) is 10.8. The number of pyridine rings is 3. The van der Waals surface area contributed by atoms with Gasteiger partial charge >= 0.3 is 0 Å². The monoisotopic (exact) mass is 507 g/mol. The maximum Gasteiger partial charge on any atom is 0.159 e.